The minimum atomic E-state index is -0.0263. The molecule has 1 aliphatic heterocycles. The minimum Gasteiger partial charge on any atom is -0.334 e. The van der Waals surface area contributed by atoms with E-state index in [0.717, 1.165) is 38.3 Å². The van der Waals surface area contributed by atoms with Gasteiger partial charge in [0.2, 0.25) is 5.82 Å². The van der Waals surface area contributed by atoms with Crippen molar-refractivity contribution in [2.75, 3.05) is 19.6 Å². The van der Waals surface area contributed by atoms with Crippen LogP contribution in [0.5, 0.6) is 0 Å². The smallest absolute Gasteiger partial charge is 0.293 e. The molecule has 1 saturated heterocycles. The molecule has 6 nitrogen and oxygen atoms in total. The molecule has 1 aromatic rings. The Morgan fingerprint density at radius 2 is 2.20 bits per heavy atom. The van der Waals surface area contributed by atoms with Gasteiger partial charge in [0.1, 0.15) is 5.82 Å². The topological polar surface area (TPSA) is 73.9 Å². The van der Waals surface area contributed by atoms with Crippen LogP contribution in [0, 0.1) is 5.92 Å². The first kappa shape index (κ1) is 13.5. The van der Waals surface area contributed by atoms with E-state index in [1.807, 2.05) is 11.8 Å². The number of carbonyl (C=O) groups excluding carboxylic acids is 1. The first-order valence-corrected chi connectivity index (χ1v) is 7.70. The molecule has 0 bridgehead atoms. The second kappa shape index (κ2) is 5.91. The lowest BCUT2D eigenvalue weighted by Crippen LogP contribution is -2.42. The summed E-state index contributed by atoms with van der Waals surface area (Å²) in [6.07, 6.45) is 5.62. The van der Waals surface area contributed by atoms with Crippen LogP contribution in [0.2, 0.25) is 0 Å². The lowest BCUT2D eigenvalue weighted by atomic mass is 10.2. The molecule has 1 amide bonds. The standard InChI is InChI=1S/C14H23N5O/c1-2-12-16-13(18-17-12)14(20)19(8-10-5-6-10)9-11-4-3-7-15-11/h10-11,15H,2-9H2,1H3,(H,16,17,18). The number of H-pyrrole nitrogens is 1. The molecule has 2 fully saturated rings. The SMILES string of the molecule is CCc1nc(C(=O)N(CC2CC2)CC2CCCN2)n[nH]1. The van der Waals surface area contributed by atoms with Gasteiger partial charge in [-0.05, 0) is 38.1 Å². The molecule has 6 heteroatoms. The Bertz CT molecular complexity index is 462. The lowest BCUT2D eigenvalue weighted by Gasteiger charge is -2.24. The van der Waals surface area contributed by atoms with Gasteiger partial charge in [-0.25, -0.2) is 4.98 Å². The van der Waals surface area contributed by atoms with Crippen LogP contribution < -0.4 is 5.32 Å². The number of aromatic amines is 1. The molecule has 2 aliphatic rings. The average molecular weight is 277 g/mol. The van der Waals surface area contributed by atoms with E-state index in [4.69, 9.17) is 0 Å². The molecule has 0 radical (unpaired) electrons. The van der Waals surface area contributed by atoms with Crippen molar-refractivity contribution in [3.63, 3.8) is 0 Å². The molecular formula is C14H23N5O. The molecule has 110 valence electrons. The van der Waals surface area contributed by atoms with Gasteiger partial charge in [-0.2, -0.15) is 0 Å². The normalized spacial score (nSPS) is 22.1. The fraction of sp³-hybridized carbons (Fsp3) is 0.786. The van der Waals surface area contributed by atoms with Crippen molar-refractivity contribution < 1.29 is 4.79 Å². The van der Waals surface area contributed by atoms with E-state index in [1.165, 1.54) is 19.3 Å². The van der Waals surface area contributed by atoms with E-state index in [-0.39, 0.29) is 5.91 Å². The number of nitrogens with zero attached hydrogens (tertiary/aromatic N) is 3. The number of hydrogen-bond donors (Lipinski definition) is 2. The monoisotopic (exact) mass is 277 g/mol. The molecule has 0 aromatic carbocycles. The van der Waals surface area contributed by atoms with Crippen LogP contribution in [0.4, 0.5) is 0 Å². The van der Waals surface area contributed by atoms with Crippen LogP contribution in [0.15, 0.2) is 0 Å². The van der Waals surface area contributed by atoms with Crippen molar-refractivity contribution in [3.05, 3.63) is 11.6 Å². The average Bonchev–Trinajstić information content (AvgIpc) is 2.96. The summed E-state index contributed by atoms with van der Waals surface area (Å²) in [5.74, 6) is 1.76. The van der Waals surface area contributed by atoms with Gasteiger partial charge in [-0.15, -0.1) is 5.10 Å². The highest BCUT2D eigenvalue weighted by molar-refractivity contribution is 5.90. The minimum absolute atomic E-state index is 0.0263. The van der Waals surface area contributed by atoms with E-state index < -0.39 is 0 Å². The Balaban J connectivity index is 1.67. The molecule has 1 aromatic heterocycles. The van der Waals surface area contributed by atoms with Crippen molar-refractivity contribution >= 4 is 5.91 Å². The maximum Gasteiger partial charge on any atom is 0.293 e. The summed E-state index contributed by atoms with van der Waals surface area (Å²) < 4.78 is 0. The zero-order chi connectivity index (χ0) is 13.9. The summed E-state index contributed by atoms with van der Waals surface area (Å²) in [5.41, 5.74) is 0. The van der Waals surface area contributed by atoms with Crippen molar-refractivity contribution in [1.82, 2.24) is 25.4 Å². The Morgan fingerprint density at radius 3 is 2.80 bits per heavy atom. The third-order valence-electron chi connectivity index (χ3n) is 4.12. The number of nitrogens with one attached hydrogen (secondary N) is 2. The van der Waals surface area contributed by atoms with Crippen molar-refractivity contribution in [3.8, 4) is 0 Å². The molecule has 1 atom stereocenters. The van der Waals surface area contributed by atoms with E-state index in [9.17, 15) is 4.79 Å². The number of carbonyl (C=O) groups is 1. The van der Waals surface area contributed by atoms with Crippen molar-refractivity contribution in [2.45, 2.75) is 45.1 Å². The second-order valence-electron chi connectivity index (χ2n) is 5.91. The fourth-order valence-corrected chi connectivity index (χ4v) is 2.72. The molecule has 1 aliphatic carbocycles. The van der Waals surface area contributed by atoms with E-state index >= 15 is 0 Å². The first-order chi connectivity index (χ1) is 9.76. The third kappa shape index (κ3) is 3.17. The number of hydrogen-bond acceptors (Lipinski definition) is 4. The zero-order valence-corrected chi connectivity index (χ0v) is 12.1. The lowest BCUT2D eigenvalue weighted by molar-refractivity contribution is 0.0721. The Hall–Kier alpha value is -1.43. The van der Waals surface area contributed by atoms with Gasteiger partial charge in [-0.3, -0.25) is 9.89 Å². The number of aromatic nitrogens is 3. The summed E-state index contributed by atoms with van der Waals surface area (Å²) in [7, 11) is 0. The highest BCUT2D eigenvalue weighted by Crippen LogP contribution is 2.30. The van der Waals surface area contributed by atoms with Crippen LogP contribution in [0.3, 0.4) is 0 Å². The fourth-order valence-electron chi connectivity index (χ4n) is 2.72. The molecule has 2 N–H and O–H groups in total. The van der Waals surface area contributed by atoms with Crippen molar-refractivity contribution in [2.24, 2.45) is 5.92 Å². The van der Waals surface area contributed by atoms with Crippen LogP contribution in [-0.2, 0) is 6.42 Å². The van der Waals surface area contributed by atoms with Crippen molar-refractivity contribution in [1.29, 1.82) is 0 Å². The summed E-state index contributed by atoms with van der Waals surface area (Å²) in [5, 5.41) is 10.4. The third-order valence-corrected chi connectivity index (χ3v) is 4.12. The molecule has 1 unspecified atom stereocenters. The second-order valence-corrected chi connectivity index (χ2v) is 5.91. The van der Waals surface area contributed by atoms with Gasteiger partial charge in [0.05, 0.1) is 0 Å². The van der Waals surface area contributed by atoms with Gasteiger partial charge in [0, 0.05) is 25.6 Å². The van der Waals surface area contributed by atoms with Gasteiger partial charge >= 0.3 is 0 Å². The number of amides is 1. The van der Waals surface area contributed by atoms with Gasteiger partial charge in [0.25, 0.3) is 5.91 Å². The van der Waals surface area contributed by atoms with E-state index in [2.05, 4.69) is 20.5 Å². The van der Waals surface area contributed by atoms with Crippen LogP contribution >= 0.6 is 0 Å². The molecule has 20 heavy (non-hydrogen) atoms. The summed E-state index contributed by atoms with van der Waals surface area (Å²) in [4.78, 5) is 18.8. The Labute approximate surface area is 119 Å². The first-order valence-electron chi connectivity index (χ1n) is 7.70. The summed E-state index contributed by atoms with van der Waals surface area (Å²) in [6.45, 7) is 4.70. The largest absolute Gasteiger partial charge is 0.334 e. The maximum absolute atomic E-state index is 12.6. The van der Waals surface area contributed by atoms with Gasteiger partial charge < -0.3 is 10.2 Å². The zero-order valence-electron chi connectivity index (χ0n) is 12.1. The highest BCUT2D eigenvalue weighted by Gasteiger charge is 2.30. The van der Waals surface area contributed by atoms with E-state index in [0.29, 0.717) is 17.8 Å². The van der Waals surface area contributed by atoms with Gasteiger partial charge in [0.15, 0.2) is 0 Å². The van der Waals surface area contributed by atoms with Crippen LogP contribution in [0.1, 0.15) is 49.1 Å². The molecule has 2 heterocycles. The predicted octanol–water partition coefficient (Wildman–Crippen LogP) is 0.971. The molecular weight excluding hydrogens is 254 g/mol. The summed E-state index contributed by atoms with van der Waals surface area (Å²) in [6, 6.07) is 0.433. The van der Waals surface area contributed by atoms with Crippen LogP contribution in [0.25, 0.3) is 0 Å². The highest BCUT2D eigenvalue weighted by atomic mass is 16.2. The molecule has 1 saturated carbocycles. The Kier molecular flexibility index (Phi) is 4.00. The number of aryl methyl sites for hydroxylation is 1. The predicted molar refractivity (Wildman–Crippen MR) is 75.4 cm³/mol. The quantitative estimate of drug-likeness (QED) is 0.812. The Morgan fingerprint density at radius 1 is 1.35 bits per heavy atom. The molecule has 0 spiro atoms. The maximum atomic E-state index is 12.6. The molecule has 3 rings (SSSR count). The van der Waals surface area contributed by atoms with Gasteiger partial charge in [-0.1, -0.05) is 6.92 Å². The number of rotatable bonds is 6. The van der Waals surface area contributed by atoms with Crippen LogP contribution in [-0.4, -0.2) is 51.7 Å². The summed E-state index contributed by atoms with van der Waals surface area (Å²) >= 11 is 0. The van der Waals surface area contributed by atoms with E-state index in [1.54, 1.807) is 0 Å².